The fraction of sp³-hybridized carbons (Fsp3) is 0.333. The monoisotopic (exact) mass is 370 g/mol. The lowest BCUT2D eigenvalue weighted by atomic mass is 9.90. The Morgan fingerprint density at radius 3 is 2.54 bits per heavy atom. The molecule has 26 heavy (non-hydrogen) atoms. The molecule has 2 aromatic rings. The number of hydrogen-bond donors (Lipinski definition) is 0. The Balaban J connectivity index is 1.75. The van der Waals surface area contributed by atoms with Crippen molar-refractivity contribution in [2.45, 2.75) is 32.4 Å². The van der Waals surface area contributed by atoms with Crippen LogP contribution in [-0.2, 0) is 22.6 Å². The average molecular weight is 371 g/mol. The van der Waals surface area contributed by atoms with Crippen LogP contribution in [0.1, 0.15) is 36.1 Å². The molecular formula is C21H23ClN2O2. The lowest BCUT2D eigenvalue weighted by molar-refractivity contribution is -0.136. The molecule has 0 radical (unpaired) electrons. The number of benzene rings is 2. The predicted octanol–water partition coefficient (Wildman–Crippen LogP) is 3.83. The van der Waals surface area contributed by atoms with Crippen LogP contribution < -0.4 is 0 Å². The van der Waals surface area contributed by atoms with Crippen molar-refractivity contribution in [3.8, 4) is 0 Å². The van der Waals surface area contributed by atoms with Crippen LogP contribution in [0.5, 0.6) is 0 Å². The molecule has 2 aromatic carbocycles. The van der Waals surface area contributed by atoms with Crippen molar-refractivity contribution in [1.82, 2.24) is 9.80 Å². The molecule has 0 spiro atoms. The van der Waals surface area contributed by atoms with Crippen LogP contribution in [-0.4, -0.2) is 35.2 Å². The molecule has 0 saturated heterocycles. The van der Waals surface area contributed by atoms with Crippen molar-refractivity contribution in [3.63, 3.8) is 0 Å². The smallest absolute Gasteiger partial charge is 0.225 e. The van der Waals surface area contributed by atoms with Gasteiger partial charge in [-0.3, -0.25) is 9.59 Å². The molecule has 1 atom stereocenters. The zero-order valence-electron chi connectivity index (χ0n) is 15.1. The summed E-state index contributed by atoms with van der Waals surface area (Å²) in [5.74, 6) is 0.0329. The van der Waals surface area contributed by atoms with E-state index in [1.54, 1.807) is 18.9 Å². The van der Waals surface area contributed by atoms with Gasteiger partial charge in [-0.2, -0.15) is 0 Å². The van der Waals surface area contributed by atoms with Gasteiger partial charge in [0.05, 0.1) is 12.5 Å². The highest BCUT2D eigenvalue weighted by Gasteiger charge is 2.31. The zero-order chi connectivity index (χ0) is 18.7. The minimum absolute atomic E-state index is 0.0117. The number of fused-ring (bicyclic) bond motifs is 1. The van der Waals surface area contributed by atoms with Crippen molar-refractivity contribution in [1.29, 1.82) is 0 Å². The Morgan fingerprint density at radius 2 is 1.85 bits per heavy atom. The lowest BCUT2D eigenvalue weighted by Crippen LogP contribution is -2.41. The summed E-state index contributed by atoms with van der Waals surface area (Å²) in [6, 6.07) is 15.4. The van der Waals surface area contributed by atoms with Gasteiger partial charge < -0.3 is 9.80 Å². The predicted molar refractivity (Wildman–Crippen MR) is 103 cm³/mol. The summed E-state index contributed by atoms with van der Waals surface area (Å²) in [5, 5.41) is 0.679. The second-order valence-corrected chi connectivity index (χ2v) is 7.19. The molecule has 1 heterocycles. The molecule has 136 valence electrons. The SMILES string of the molecule is CC(=O)N1CCc2ccccc2C1CC(=O)N(C)Cc1ccc(Cl)cc1. The molecular weight excluding hydrogens is 348 g/mol. The van der Waals surface area contributed by atoms with Gasteiger partial charge in [0, 0.05) is 32.1 Å². The normalized spacial score (nSPS) is 16.1. The first-order valence-electron chi connectivity index (χ1n) is 8.79. The van der Waals surface area contributed by atoms with Crippen LogP contribution >= 0.6 is 11.6 Å². The van der Waals surface area contributed by atoms with Crippen LogP contribution in [0.15, 0.2) is 48.5 Å². The van der Waals surface area contributed by atoms with Crippen LogP contribution in [0.25, 0.3) is 0 Å². The third-order valence-electron chi connectivity index (χ3n) is 4.94. The van der Waals surface area contributed by atoms with Gasteiger partial charge in [0.25, 0.3) is 0 Å². The van der Waals surface area contributed by atoms with Crippen LogP contribution in [0.3, 0.4) is 0 Å². The summed E-state index contributed by atoms with van der Waals surface area (Å²) in [6.07, 6.45) is 1.13. The zero-order valence-corrected chi connectivity index (χ0v) is 15.9. The van der Waals surface area contributed by atoms with Gasteiger partial charge in [-0.15, -0.1) is 0 Å². The molecule has 1 aliphatic rings. The summed E-state index contributed by atoms with van der Waals surface area (Å²) < 4.78 is 0. The van der Waals surface area contributed by atoms with Gasteiger partial charge in [0.2, 0.25) is 11.8 Å². The Bertz CT molecular complexity index is 804. The molecule has 0 aliphatic carbocycles. The number of rotatable bonds is 4. The first kappa shape index (κ1) is 18.5. The average Bonchev–Trinajstić information content (AvgIpc) is 2.63. The first-order valence-corrected chi connectivity index (χ1v) is 9.17. The van der Waals surface area contributed by atoms with Crippen molar-refractivity contribution < 1.29 is 9.59 Å². The Morgan fingerprint density at radius 1 is 1.15 bits per heavy atom. The van der Waals surface area contributed by atoms with E-state index in [-0.39, 0.29) is 17.9 Å². The minimum Gasteiger partial charge on any atom is -0.341 e. The summed E-state index contributed by atoms with van der Waals surface area (Å²) in [7, 11) is 1.80. The summed E-state index contributed by atoms with van der Waals surface area (Å²) in [6.45, 7) is 2.75. The standard InChI is InChI=1S/C21H23ClN2O2/c1-15(25)24-12-11-17-5-3-4-6-19(17)20(24)13-21(26)23(2)14-16-7-9-18(22)10-8-16/h3-10,20H,11-14H2,1-2H3. The minimum atomic E-state index is -0.197. The van der Waals surface area contributed by atoms with Crippen LogP contribution in [0.2, 0.25) is 5.02 Å². The van der Waals surface area contributed by atoms with E-state index in [9.17, 15) is 9.59 Å². The summed E-state index contributed by atoms with van der Waals surface area (Å²) in [5.41, 5.74) is 3.34. The molecule has 0 bridgehead atoms. The second-order valence-electron chi connectivity index (χ2n) is 6.76. The largest absolute Gasteiger partial charge is 0.341 e. The van der Waals surface area contributed by atoms with E-state index >= 15 is 0 Å². The Labute approximate surface area is 159 Å². The number of carbonyl (C=O) groups is 2. The molecule has 0 fully saturated rings. The highest BCUT2D eigenvalue weighted by Crippen LogP contribution is 2.32. The molecule has 1 unspecified atom stereocenters. The van der Waals surface area contributed by atoms with Crippen molar-refractivity contribution in [3.05, 3.63) is 70.2 Å². The number of amides is 2. The highest BCUT2D eigenvalue weighted by molar-refractivity contribution is 6.30. The number of halogens is 1. The van der Waals surface area contributed by atoms with Gasteiger partial charge in [-0.1, -0.05) is 48.0 Å². The van der Waals surface area contributed by atoms with E-state index < -0.39 is 0 Å². The number of carbonyl (C=O) groups excluding carboxylic acids is 2. The highest BCUT2D eigenvalue weighted by atomic mass is 35.5. The van der Waals surface area contributed by atoms with Gasteiger partial charge in [-0.05, 0) is 35.2 Å². The second kappa shape index (κ2) is 7.92. The Hall–Kier alpha value is -2.33. The van der Waals surface area contributed by atoms with Gasteiger partial charge in [0.1, 0.15) is 0 Å². The number of nitrogens with zero attached hydrogens (tertiary/aromatic N) is 2. The van der Waals surface area contributed by atoms with Crippen LogP contribution in [0, 0.1) is 0 Å². The Kier molecular flexibility index (Phi) is 5.62. The molecule has 3 rings (SSSR count). The lowest BCUT2D eigenvalue weighted by Gasteiger charge is -2.37. The van der Waals surface area contributed by atoms with Gasteiger partial charge >= 0.3 is 0 Å². The molecule has 4 nitrogen and oxygen atoms in total. The van der Waals surface area contributed by atoms with E-state index in [0.717, 1.165) is 17.5 Å². The molecule has 1 aliphatic heterocycles. The third kappa shape index (κ3) is 4.07. The topological polar surface area (TPSA) is 40.6 Å². The summed E-state index contributed by atoms with van der Waals surface area (Å²) >= 11 is 5.92. The van der Waals surface area contributed by atoms with Crippen molar-refractivity contribution >= 4 is 23.4 Å². The van der Waals surface area contributed by atoms with E-state index in [4.69, 9.17) is 11.6 Å². The van der Waals surface area contributed by atoms with Crippen molar-refractivity contribution in [2.24, 2.45) is 0 Å². The quantitative estimate of drug-likeness (QED) is 0.820. The fourth-order valence-corrected chi connectivity index (χ4v) is 3.65. The molecule has 5 heteroatoms. The number of hydrogen-bond acceptors (Lipinski definition) is 2. The van der Waals surface area contributed by atoms with E-state index in [1.165, 1.54) is 5.56 Å². The first-order chi connectivity index (χ1) is 12.5. The summed E-state index contributed by atoms with van der Waals surface area (Å²) in [4.78, 5) is 28.4. The fourth-order valence-electron chi connectivity index (χ4n) is 3.52. The third-order valence-corrected chi connectivity index (χ3v) is 5.20. The molecule has 0 saturated carbocycles. The van der Waals surface area contributed by atoms with E-state index in [0.29, 0.717) is 24.5 Å². The van der Waals surface area contributed by atoms with Gasteiger partial charge in [-0.25, -0.2) is 0 Å². The van der Waals surface area contributed by atoms with Crippen molar-refractivity contribution in [2.75, 3.05) is 13.6 Å². The maximum Gasteiger partial charge on any atom is 0.225 e. The van der Waals surface area contributed by atoms with E-state index in [1.807, 2.05) is 47.4 Å². The van der Waals surface area contributed by atoms with Crippen LogP contribution in [0.4, 0.5) is 0 Å². The molecule has 0 aromatic heterocycles. The molecule has 0 N–H and O–H groups in total. The van der Waals surface area contributed by atoms with Gasteiger partial charge in [0.15, 0.2) is 0 Å². The van der Waals surface area contributed by atoms with E-state index in [2.05, 4.69) is 6.07 Å². The molecule has 2 amide bonds. The maximum atomic E-state index is 12.8. The maximum absolute atomic E-state index is 12.8.